The minimum absolute atomic E-state index is 0.222. The quantitative estimate of drug-likeness (QED) is 0.511. The van der Waals surface area contributed by atoms with Gasteiger partial charge in [-0.1, -0.05) is 19.4 Å². The number of hydrogen-bond donors (Lipinski definition) is 0. The second-order valence-electron chi connectivity index (χ2n) is 7.75. The first-order chi connectivity index (χ1) is 15.6. The topological polar surface area (TPSA) is 83.5 Å². The van der Waals surface area contributed by atoms with Gasteiger partial charge in [0.1, 0.15) is 0 Å². The molecule has 0 unspecified atom stereocenters. The Kier molecular flexibility index (Phi) is 6.35. The molecule has 0 aliphatic carbocycles. The number of unbranched alkanes of at least 4 members (excludes halogenated alkanes) is 1. The molecule has 0 atom stereocenters. The van der Waals surface area contributed by atoms with E-state index in [4.69, 9.17) is 0 Å². The second-order valence-corrected chi connectivity index (χ2v) is 7.75. The predicted molar refractivity (Wildman–Crippen MR) is 119 cm³/mol. The molecule has 7 nitrogen and oxygen atoms in total. The van der Waals surface area contributed by atoms with E-state index in [1.165, 1.54) is 4.90 Å². The van der Waals surface area contributed by atoms with Crippen molar-refractivity contribution in [2.24, 2.45) is 0 Å². The van der Waals surface area contributed by atoms with Gasteiger partial charge < -0.3 is 4.90 Å². The molecule has 4 rings (SSSR count). The van der Waals surface area contributed by atoms with Crippen molar-refractivity contribution in [3.8, 4) is 0 Å². The second kappa shape index (κ2) is 9.51. The largest absolute Gasteiger partial charge is 0.330 e. The standard InChI is InChI=1S/C25H24N4O3/c1-2-3-13-29-24(31)21-7-6-20(14-22(21)25(29)32)23(30)28(16-18-8-11-26-12-9-18)17-19-5-4-10-27-15-19/h4-12,14-15H,2-3,13,16-17H2,1H3. The van der Waals surface area contributed by atoms with Crippen molar-refractivity contribution in [1.29, 1.82) is 0 Å². The van der Waals surface area contributed by atoms with Gasteiger partial charge in [0.05, 0.1) is 11.1 Å². The number of carbonyl (C=O) groups excluding carboxylic acids is 3. The molecule has 162 valence electrons. The predicted octanol–water partition coefficient (Wildman–Crippen LogP) is 3.72. The molecule has 1 aliphatic rings. The molecule has 32 heavy (non-hydrogen) atoms. The number of benzene rings is 1. The van der Waals surface area contributed by atoms with E-state index < -0.39 is 0 Å². The fourth-order valence-electron chi connectivity index (χ4n) is 3.75. The van der Waals surface area contributed by atoms with E-state index >= 15 is 0 Å². The number of fused-ring (bicyclic) bond motifs is 1. The van der Waals surface area contributed by atoms with Crippen LogP contribution in [0.1, 0.15) is 62.0 Å². The molecule has 0 bridgehead atoms. The maximum atomic E-state index is 13.5. The molecule has 0 saturated carbocycles. The monoisotopic (exact) mass is 428 g/mol. The van der Waals surface area contributed by atoms with Crippen LogP contribution in [0, 0.1) is 0 Å². The van der Waals surface area contributed by atoms with Gasteiger partial charge in [-0.2, -0.15) is 0 Å². The van der Waals surface area contributed by atoms with Crippen LogP contribution in [-0.4, -0.2) is 44.0 Å². The molecule has 2 aromatic heterocycles. The lowest BCUT2D eigenvalue weighted by Crippen LogP contribution is -2.31. The van der Waals surface area contributed by atoms with Gasteiger partial charge in [-0.3, -0.25) is 29.3 Å². The third kappa shape index (κ3) is 4.42. The summed E-state index contributed by atoms with van der Waals surface area (Å²) >= 11 is 0. The van der Waals surface area contributed by atoms with Gasteiger partial charge in [-0.05, 0) is 53.9 Å². The maximum Gasteiger partial charge on any atom is 0.261 e. The molecule has 0 radical (unpaired) electrons. The van der Waals surface area contributed by atoms with Crippen molar-refractivity contribution in [2.45, 2.75) is 32.9 Å². The van der Waals surface area contributed by atoms with E-state index in [2.05, 4.69) is 9.97 Å². The average Bonchev–Trinajstić information content (AvgIpc) is 3.07. The molecular weight excluding hydrogens is 404 g/mol. The maximum absolute atomic E-state index is 13.5. The Morgan fingerprint density at radius 3 is 2.38 bits per heavy atom. The highest BCUT2D eigenvalue weighted by Crippen LogP contribution is 2.25. The van der Waals surface area contributed by atoms with Crippen molar-refractivity contribution in [1.82, 2.24) is 19.8 Å². The molecule has 7 heteroatoms. The summed E-state index contributed by atoms with van der Waals surface area (Å²) in [7, 11) is 0. The summed E-state index contributed by atoms with van der Waals surface area (Å²) in [6.07, 6.45) is 8.42. The molecule has 0 saturated heterocycles. The summed E-state index contributed by atoms with van der Waals surface area (Å²) in [4.78, 5) is 50.0. The lowest BCUT2D eigenvalue weighted by atomic mass is 10.0. The lowest BCUT2D eigenvalue weighted by molar-refractivity contribution is 0.0651. The van der Waals surface area contributed by atoms with E-state index in [1.807, 2.05) is 31.2 Å². The van der Waals surface area contributed by atoms with Gasteiger partial charge in [0.25, 0.3) is 17.7 Å². The Labute approximate surface area is 186 Å². The van der Waals surface area contributed by atoms with E-state index in [9.17, 15) is 14.4 Å². The highest BCUT2D eigenvalue weighted by atomic mass is 16.2. The Morgan fingerprint density at radius 1 is 0.906 bits per heavy atom. The van der Waals surface area contributed by atoms with Crippen LogP contribution < -0.4 is 0 Å². The van der Waals surface area contributed by atoms with Gasteiger partial charge in [-0.25, -0.2) is 0 Å². The van der Waals surface area contributed by atoms with Crippen LogP contribution in [-0.2, 0) is 13.1 Å². The summed E-state index contributed by atoms with van der Waals surface area (Å²) in [5.41, 5.74) is 2.86. The number of amides is 3. The summed E-state index contributed by atoms with van der Waals surface area (Å²) in [5, 5.41) is 0. The van der Waals surface area contributed by atoms with Crippen molar-refractivity contribution in [3.63, 3.8) is 0 Å². The van der Waals surface area contributed by atoms with Crippen LogP contribution >= 0.6 is 0 Å². The number of carbonyl (C=O) groups is 3. The zero-order valence-electron chi connectivity index (χ0n) is 17.9. The van der Waals surface area contributed by atoms with Gasteiger partial charge in [-0.15, -0.1) is 0 Å². The highest BCUT2D eigenvalue weighted by Gasteiger charge is 2.35. The Balaban J connectivity index is 1.62. The van der Waals surface area contributed by atoms with Crippen molar-refractivity contribution in [3.05, 3.63) is 95.1 Å². The van der Waals surface area contributed by atoms with Crippen LogP contribution in [0.25, 0.3) is 0 Å². The van der Waals surface area contributed by atoms with Crippen LogP contribution in [0.5, 0.6) is 0 Å². The molecule has 0 fully saturated rings. The normalized spacial score (nSPS) is 12.7. The number of nitrogens with zero attached hydrogens (tertiary/aromatic N) is 4. The first-order valence-corrected chi connectivity index (χ1v) is 10.7. The zero-order chi connectivity index (χ0) is 22.5. The van der Waals surface area contributed by atoms with Gasteiger partial charge in [0, 0.05) is 50.0 Å². The summed E-state index contributed by atoms with van der Waals surface area (Å²) in [6.45, 7) is 3.14. The smallest absolute Gasteiger partial charge is 0.261 e. The third-order valence-electron chi connectivity index (χ3n) is 5.46. The third-order valence-corrected chi connectivity index (χ3v) is 5.46. The zero-order valence-corrected chi connectivity index (χ0v) is 17.9. The molecular formula is C25H24N4O3. The lowest BCUT2D eigenvalue weighted by Gasteiger charge is -2.23. The molecule has 0 N–H and O–H groups in total. The molecule has 3 amide bonds. The van der Waals surface area contributed by atoms with Crippen molar-refractivity contribution < 1.29 is 14.4 Å². The van der Waals surface area contributed by atoms with Crippen LogP contribution in [0.2, 0.25) is 0 Å². The fourth-order valence-corrected chi connectivity index (χ4v) is 3.75. The number of imide groups is 1. The molecule has 0 spiro atoms. The van der Waals surface area contributed by atoms with Crippen LogP contribution in [0.15, 0.2) is 67.3 Å². The number of aromatic nitrogens is 2. The number of hydrogen-bond acceptors (Lipinski definition) is 5. The van der Waals surface area contributed by atoms with Crippen LogP contribution in [0.3, 0.4) is 0 Å². The number of pyridine rings is 2. The Hall–Kier alpha value is -3.87. The average molecular weight is 428 g/mol. The van der Waals surface area contributed by atoms with E-state index in [0.717, 1.165) is 24.0 Å². The minimum atomic E-state index is -0.332. The Morgan fingerprint density at radius 2 is 1.66 bits per heavy atom. The first-order valence-electron chi connectivity index (χ1n) is 10.7. The first kappa shape index (κ1) is 21.4. The molecule has 1 aromatic carbocycles. The van der Waals surface area contributed by atoms with Crippen molar-refractivity contribution >= 4 is 17.7 Å². The van der Waals surface area contributed by atoms with Gasteiger partial charge in [0.15, 0.2) is 0 Å². The SMILES string of the molecule is CCCCN1C(=O)c2ccc(C(=O)N(Cc3ccncc3)Cc3cccnc3)cc2C1=O. The fraction of sp³-hybridized carbons (Fsp3) is 0.240. The molecule has 3 heterocycles. The van der Waals surface area contributed by atoms with E-state index in [0.29, 0.717) is 36.3 Å². The van der Waals surface area contributed by atoms with E-state index in [1.54, 1.807) is 47.9 Å². The van der Waals surface area contributed by atoms with Gasteiger partial charge in [0.2, 0.25) is 0 Å². The Bertz CT molecular complexity index is 1090. The van der Waals surface area contributed by atoms with E-state index in [-0.39, 0.29) is 17.7 Å². The summed E-state index contributed by atoms with van der Waals surface area (Å²) < 4.78 is 0. The van der Waals surface area contributed by atoms with Gasteiger partial charge >= 0.3 is 0 Å². The molecule has 3 aromatic rings. The highest BCUT2D eigenvalue weighted by molar-refractivity contribution is 6.22. The summed E-state index contributed by atoms with van der Waals surface area (Å²) in [6, 6.07) is 12.2. The number of rotatable bonds is 8. The van der Waals surface area contributed by atoms with Crippen LogP contribution in [0.4, 0.5) is 0 Å². The summed E-state index contributed by atoms with van der Waals surface area (Å²) in [5.74, 6) is -0.844. The minimum Gasteiger partial charge on any atom is -0.330 e. The molecule has 1 aliphatic heterocycles. The van der Waals surface area contributed by atoms with Crippen molar-refractivity contribution in [2.75, 3.05) is 6.54 Å².